The lowest BCUT2D eigenvalue weighted by Gasteiger charge is -2.16. The Kier molecular flexibility index (Phi) is 3.09. The second kappa shape index (κ2) is 4.40. The van der Waals surface area contributed by atoms with E-state index in [1.54, 1.807) is 22.6 Å². The predicted molar refractivity (Wildman–Crippen MR) is 65.6 cm³/mol. The van der Waals surface area contributed by atoms with Gasteiger partial charge in [0.15, 0.2) is 5.69 Å². The van der Waals surface area contributed by atoms with Crippen LogP contribution in [0.5, 0.6) is 0 Å². The number of aromatic carboxylic acids is 1. The molecule has 0 radical (unpaired) electrons. The summed E-state index contributed by atoms with van der Waals surface area (Å²) in [6, 6.07) is 1.47. The van der Waals surface area contributed by atoms with E-state index in [4.69, 9.17) is 5.11 Å². The van der Waals surface area contributed by atoms with Crippen LogP contribution >= 0.6 is 22.6 Å². The largest absolute Gasteiger partial charge is 0.476 e. The van der Waals surface area contributed by atoms with Crippen LogP contribution in [0.2, 0.25) is 0 Å². The van der Waals surface area contributed by atoms with E-state index in [0.717, 1.165) is 4.90 Å². The van der Waals surface area contributed by atoms with Crippen LogP contribution in [0, 0.1) is 3.57 Å². The van der Waals surface area contributed by atoms with Gasteiger partial charge in [-0.3, -0.25) is 9.59 Å². The van der Waals surface area contributed by atoms with Gasteiger partial charge in [0.25, 0.3) is 0 Å². The number of halogens is 1. The number of imide groups is 1. The van der Waals surface area contributed by atoms with E-state index in [1.807, 2.05) is 0 Å². The Hall–Kier alpha value is -1.51. The fourth-order valence-electron chi connectivity index (χ4n) is 1.60. The van der Waals surface area contributed by atoms with Gasteiger partial charge >= 0.3 is 5.97 Å². The van der Waals surface area contributed by atoms with Gasteiger partial charge in [-0.05, 0) is 28.7 Å². The number of hydrogen-bond donors (Lipinski definition) is 1. The minimum Gasteiger partial charge on any atom is -0.476 e. The summed E-state index contributed by atoms with van der Waals surface area (Å²) in [5, 5.41) is 8.91. The van der Waals surface area contributed by atoms with Gasteiger partial charge in [0.05, 0.1) is 9.26 Å². The summed E-state index contributed by atoms with van der Waals surface area (Å²) in [4.78, 5) is 38.7. The Morgan fingerprint density at radius 2 is 1.94 bits per heavy atom. The van der Waals surface area contributed by atoms with Gasteiger partial charge in [0, 0.05) is 19.0 Å². The molecule has 0 unspecified atom stereocenters. The highest BCUT2D eigenvalue weighted by atomic mass is 127. The zero-order valence-electron chi connectivity index (χ0n) is 8.51. The molecule has 2 amide bonds. The topological polar surface area (TPSA) is 87.6 Å². The maximum absolute atomic E-state index is 11.6. The minimum atomic E-state index is -1.18. The molecular weight excluding hydrogens is 339 g/mol. The normalized spacial score (nSPS) is 15.5. The van der Waals surface area contributed by atoms with E-state index in [2.05, 4.69) is 4.98 Å². The van der Waals surface area contributed by atoms with Gasteiger partial charge in [-0.15, -0.1) is 0 Å². The average Bonchev–Trinajstić information content (AvgIpc) is 2.59. The number of nitrogens with zero attached hydrogens (tertiary/aromatic N) is 2. The Balaban J connectivity index is 2.53. The lowest BCUT2D eigenvalue weighted by atomic mass is 10.3. The molecule has 0 aromatic carbocycles. The second-order valence-corrected chi connectivity index (χ2v) is 4.50. The molecule has 88 valence electrons. The summed E-state index contributed by atoms with van der Waals surface area (Å²) in [5.74, 6) is -1.80. The highest BCUT2D eigenvalue weighted by Crippen LogP contribution is 2.28. The molecule has 6 nitrogen and oxygen atoms in total. The average molecular weight is 346 g/mol. The van der Waals surface area contributed by atoms with Crippen LogP contribution in [-0.2, 0) is 9.59 Å². The van der Waals surface area contributed by atoms with Crippen molar-refractivity contribution in [3.8, 4) is 0 Å². The number of carboxylic acid groups (broad SMARTS) is 1. The molecule has 0 saturated carbocycles. The van der Waals surface area contributed by atoms with Crippen molar-refractivity contribution in [3.05, 3.63) is 21.5 Å². The molecule has 7 heteroatoms. The van der Waals surface area contributed by atoms with E-state index in [1.165, 1.54) is 12.3 Å². The first-order valence-electron chi connectivity index (χ1n) is 4.76. The van der Waals surface area contributed by atoms with Crippen LogP contribution in [0.1, 0.15) is 23.3 Å². The van der Waals surface area contributed by atoms with Crippen LogP contribution in [0.15, 0.2) is 12.3 Å². The van der Waals surface area contributed by atoms with Crippen molar-refractivity contribution in [2.24, 2.45) is 0 Å². The highest BCUT2D eigenvalue weighted by Gasteiger charge is 2.32. The molecule has 1 fully saturated rings. The van der Waals surface area contributed by atoms with Gasteiger partial charge in [-0.25, -0.2) is 14.7 Å². The Morgan fingerprint density at radius 1 is 1.35 bits per heavy atom. The monoisotopic (exact) mass is 346 g/mol. The molecule has 1 saturated heterocycles. The third-order valence-corrected chi connectivity index (χ3v) is 3.43. The lowest BCUT2D eigenvalue weighted by molar-refractivity contribution is -0.121. The Bertz CT molecular complexity index is 513. The molecule has 1 aromatic heterocycles. The number of pyridine rings is 1. The molecule has 0 bridgehead atoms. The van der Waals surface area contributed by atoms with Crippen LogP contribution in [-0.4, -0.2) is 27.9 Å². The van der Waals surface area contributed by atoms with Crippen LogP contribution < -0.4 is 4.90 Å². The van der Waals surface area contributed by atoms with Crippen LogP contribution in [0.25, 0.3) is 0 Å². The molecule has 0 aliphatic carbocycles. The van der Waals surface area contributed by atoms with Gasteiger partial charge < -0.3 is 5.11 Å². The number of carbonyl (C=O) groups is 3. The summed E-state index contributed by atoms with van der Waals surface area (Å²) in [7, 11) is 0. The van der Waals surface area contributed by atoms with Gasteiger partial charge in [-0.2, -0.15) is 0 Å². The number of hydrogen-bond acceptors (Lipinski definition) is 4. The minimum absolute atomic E-state index is 0.157. The summed E-state index contributed by atoms with van der Waals surface area (Å²) in [6.07, 6.45) is 1.61. The summed E-state index contributed by atoms with van der Waals surface area (Å²) in [6.45, 7) is 0. The first-order valence-corrected chi connectivity index (χ1v) is 5.84. The first kappa shape index (κ1) is 12.0. The van der Waals surface area contributed by atoms with Gasteiger partial charge in [-0.1, -0.05) is 0 Å². The molecular formula is C10H7IN2O4. The number of rotatable bonds is 2. The smallest absolute Gasteiger partial charge is 0.355 e. The number of amides is 2. The summed E-state index contributed by atoms with van der Waals surface area (Å²) < 4.78 is 0.293. The SMILES string of the molecule is O=C(O)c1nccc(N2C(=O)CCC2=O)c1I. The third kappa shape index (κ3) is 2.02. The summed E-state index contributed by atoms with van der Waals surface area (Å²) in [5.41, 5.74) is 0.140. The first-order chi connectivity index (χ1) is 8.02. The van der Waals surface area contributed by atoms with Crippen molar-refractivity contribution in [3.63, 3.8) is 0 Å². The number of aromatic nitrogens is 1. The number of anilines is 1. The Morgan fingerprint density at radius 3 is 2.47 bits per heavy atom. The maximum Gasteiger partial charge on any atom is 0.355 e. The maximum atomic E-state index is 11.6. The fraction of sp³-hybridized carbons (Fsp3) is 0.200. The molecule has 1 N–H and O–H groups in total. The standard InChI is InChI=1S/C10H7IN2O4/c11-8-5(3-4-12-9(8)10(16)17)13-6(14)1-2-7(13)15/h3-4H,1-2H2,(H,16,17). The molecule has 1 aromatic rings. The van der Waals surface area contributed by atoms with Crippen molar-refractivity contribution < 1.29 is 19.5 Å². The van der Waals surface area contributed by atoms with E-state index in [0.29, 0.717) is 9.26 Å². The lowest BCUT2D eigenvalue weighted by Crippen LogP contribution is -2.30. The molecule has 2 heterocycles. The van der Waals surface area contributed by atoms with Gasteiger partial charge in [0.2, 0.25) is 11.8 Å². The predicted octanol–water partition coefficient (Wildman–Crippen LogP) is 1.04. The molecule has 0 atom stereocenters. The van der Waals surface area contributed by atoms with Crippen molar-refractivity contribution in [2.45, 2.75) is 12.8 Å². The fourth-order valence-corrected chi connectivity index (χ4v) is 2.39. The zero-order valence-corrected chi connectivity index (χ0v) is 10.7. The van der Waals surface area contributed by atoms with Crippen molar-refractivity contribution in [1.29, 1.82) is 0 Å². The number of carboxylic acids is 1. The quantitative estimate of drug-likeness (QED) is 0.639. The third-order valence-electron chi connectivity index (χ3n) is 2.36. The van der Waals surface area contributed by atoms with Crippen molar-refractivity contribution >= 4 is 46.1 Å². The number of carbonyl (C=O) groups excluding carboxylic acids is 2. The molecule has 17 heavy (non-hydrogen) atoms. The van der Waals surface area contributed by atoms with E-state index in [9.17, 15) is 14.4 Å². The Labute approximate surface area is 110 Å². The molecule has 0 spiro atoms. The van der Waals surface area contributed by atoms with E-state index in [-0.39, 0.29) is 30.3 Å². The van der Waals surface area contributed by atoms with Crippen molar-refractivity contribution in [2.75, 3.05) is 4.90 Å². The van der Waals surface area contributed by atoms with E-state index < -0.39 is 5.97 Å². The second-order valence-electron chi connectivity index (χ2n) is 3.42. The zero-order chi connectivity index (χ0) is 12.6. The van der Waals surface area contributed by atoms with Crippen LogP contribution in [0.3, 0.4) is 0 Å². The molecule has 1 aliphatic rings. The van der Waals surface area contributed by atoms with Crippen molar-refractivity contribution in [1.82, 2.24) is 4.98 Å². The van der Waals surface area contributed by atoms with E-state index >= 15 is 0 Å². The molecule has 2 rings (SSSR count). The van der Waals surface area contributed by atoms with Gasteiger partial charge in [0.1, 0.15) is 0 Å². The summed E-state index contributed by atoms with van der Waals surface area (Å²) >= 11 is 1.78. The highest BCUT2D eigenvalue weighted by molar-refractivity contribution is 14.1. The van der Waals surface area contributed by atoms with Crippen LogP contribution in [0.4, 0.5) is 5.69 Å². The molecule has 1 aliphatic heterocycles.